The summed E-state index contributed by atoms with van der Waals surface area (Å²) in [5, 5.41) is 0. The summed E-state index contributed by atoms with van der Waals surface area (Å²) in [5.74, 6) is -0.204. The molecule has 0 aromatic heterocycles. The Balaban J connectivity index is 0.00000180. The van der Waals surface area contributed by atoms with Gasteiger partial charge in [-0.15, -0.1) is 22.0 Å². The molecular formula is C15H14BrFNY-. The zero-order valence-electron chi connectivity index (χ0n) is 11.0. The summed E-state index contributed by atoms with van der Waals surface area (Å²) in [5.41, 5.74) is 3.76. The fraction of sp³-hybridized carbons (Fsp3) is 0.200. The van der Waals surface area contributed by atoms with E-state index in [1.165, 1.54) is 6.07 Å². The zero-order chi connectivity index (χ0) is 13.3. The van der Waals surface area contributed by atoms with Crippen molar-refractivity contribution in [2.45, 2.75) is 13.3 Å². The van der Waals surface area contributed by atoms with E-state index in [0.717, 1.165) is 33.4 Å². The standard InChI is InChI=1S/C15H14BrFN.Y/c1-4-11-9-12(17)5-6-13(11)15-8-7-14(16)10(2)18(15)3;/h5-7,9H,2,4H2,1,3H3;/q-1;. The van der Waals surface area contributed by atoms with Crippen molar-refractivity contribution in [3.8, 4) is 0 Å². The fourth-order valence-electron chi connectivity index (χ4n) is 1.95. The van der Waals surface area contributed by atoms with Crippen molar-refractivity contribution in [3.63, 3.8) is 0 Å². The van der Waals surface area contributed by atoms with Crippen LogP contribution in [0.1, 0.15) is 18.1 Å². The van der Waals surface area contributed by atoms with Crippen molar-refractivity contribution in [1.29, 1.82) is 0 Å². The molecule has 97 valence electrons. The van der Waals surface area contributed by atoms with Crippen LogP contribution in [0.15, 0.2) is 41.0 Å². The Morgan fingerprint density at radius 2 is 2.11 bits per heavy atom. The van der Waals surface area contributed by atoms with Crippen LogP contribution in [-0.4, -0.2) is 11.9 Å². The molecule has 1 aliphatic heterocycles. The molecule has 1 heterocycles. The van der Waals surface area contributed by atoms with Gasteiger partial charge < -0.3 is 4.90 Å². The number of aryl methyl sites for hydroxylation is 1. The molecule has 1 nitrogen and oxygen atoms in total. The van der Waals surface area contributed by atoms with Crippen molar-refractivity contribution in [2.24, 2.45) is 0 Å². The molecule has 0 amide bonds. The number of benzene rings is 1. The van der Waals surface area contributed by atoms with E-state index in [9.17, 15) is 4.39 Å². The van der Waals surface area contributed by atoms with Crippen LogP contribution in [0.5, 0.6) is 0 Å². The number of hydrogen-bond donors (Lipinski definition) is 0. The Morgan fingerprint density at radius 1 is 1.42 bits per heavy atom. The quantitative estimate of drug-likeness (QED) is 0.676. The Hall–Kier alpha value is -0.246. The minimum atomic E-state index is -0.204. The van der Waals surface area contributed by atoms with E-state index < -0.39 is 0 Å². The van der Waals surface area contributed by atoms with Gasteiger partial charge in [-0.2, -0.15) is 12.2 Å². The van der Waals surface area contributed by atoms with Crippen LogP contribution in [0.4, 0.5) is 4.39 Å². The normalized spacial score (nSPS) is 14.7. The number of halogens is 2. The Kier molecular flexibility index (Phi) is 6.16. The third-order valence-corrected chi connectivity index (χ3v) is 3.74. The molecule has 0 atom stereocenters. The smallest absolute Gasteiger partial charge is 0.121 e. The molecule has 1 aromatic rings. The summed E-state index contributed by atoms with van der Waals surface area (Å²) in [6.45, 7) is 6.02. The molecule has 0 unspecified atom stereocenters. The number of hydrogen-bond acceptors (Lipinski definition) is 1. The second kappa shape index (κ2) is 6.96. The van der Waals surface area contributed by atoms with Gasteiger partial charge in [0.25, 0.3) is 0 Å². The third kappa shape index (κ3) is 3.45. The Bertz CT molecular complexity index is 563. The first-order chi connectivity index (χ1) is 8.54. The molecule has 0 fully saturated rings. The molecule has 2 rings (SSSR count). The van der Waals surface area contributed by atoms with Crippen LogP contribution in [0.2, 0.25) is 0 Å². The van der Waals surface area contributed by atoms with Gasteiger partial charge in [-0.1, -0.05) is 34.8 Å². The molecule has 0 N–H and O–H groups in total. The van der Waals surface area contributed by atoms with Crippen LogP contribution in [-0.2, 0) is 39.1 Å². The maximum absolute atomic E-state index is 13.3. The summed E-state index contributed by atoms with van der Waals surface area (Å²) >= 11 is 3.43. The predicted molar refractivity (Wildman–Crippen MR) is 76.3 cm³/mol. The van der Waals surface area contributed by atoms with E-state index in [1.807, 2.05) is 24.9 Å². The molecule has 1 aromatic carbocycles. The van der Waals surface area contributed by atoms with Gasteiger partial charge in [0.1, 0.15) is 5.82 Å². The third-order valence-electron chi connectivity index (χ3n) is 3.05. The Labute approximate surface area is 147 Å². The van der Waals surface area contributed by atoms with E-state index >= 15 is 0 Å². The molecular weight excluding hydrogens is 382 g/mol. The molecule has 0 saturated heterocycles. The molecule has 0 aliphatic carbocycles. The molecule has 0 saturated carbocycles. The summed E-state index contributed by atoms with van der Waals surface area (Å²) in [6.07, 6.45) is 5.84. The van der Waals surface area contributed by atoms with Crippen LogP contribution >= 0.6 is 15.9 Å². The van der Waals surface area contributed by atoms with Gasteiger partial charge in [0.05, 0.1) is 0 Å². The first-order valence-electron chi connectivity index (χ1n) is 5.75. The van der Waals surface area contributed by atoms with Gasteiger partial charge in [0.15, 0.2) is 0 Å². The fourth-order valence-corrected chi connectivity index (χ4v) is 2.33. The van der Waals surface area contributed by atoms with Gasteiger partial charge in [0, 0.05) is 39.8 Å². The van der Waals surface area contributed by atoms with Crippen LogP contribution in [0, 0.1) is 11.9 Å². The summed E-state index contributed by atoms with van der Waals surface area (Å²) < 4.78 is 14.2. The van der Waals surface area contributed by atoms with E-state index in [1.54, 1.807) is 12.1 Å². The molecule has 0 bridgehead atoms. The van der Waals surface area contributed by atoms with Crippen molar-refractivity contribution in [2.75, 3.05) is 7.05 Å². The minimum absolute atomic E-state index is 0. The van der Waals surface area contributed by atoms with Crippen LogP contribution < -0.4 is 0 Å². The number of nitrogens with zero attached hydrogens (tertiary/aromatic N) is 1. The largest absolute Gasteiger partial charge is 0.378 e. The van der Waals surface area contributed by atoms with Crippen LogP contribution in [0.25, 0.3) is 5.70 Å². The predicted octanol–water partition coefficient (Wildman–Crippen LogP) is 4.27. The number of likely N-dealkylation sites (N-methyl/N-ethyl adjacent to an activating group) is 1. The first kappa shape index (κ1) is 16.8. The van der Waals surface area contributed by atoms with Crippen LogP contribution in [0.3, 0.4) is 0 Å². The van der Waals surface area contributed by atoms with Crippen molar-refractivity contribution in [3.05, 3.63) is 64.1 Å². The number of allylic oxidation sites excluding steroid dienone is 3. The molecule has 1 radical (unpaired) electrons. The zero-order valence-corrected chi connectivity index (χ0v) is 15.4. The molecule has 0 spiro atoms. The van der Waals surface area contributed by atoms with Crippen molar-refractivity contribution < 1.29 is 37.1 Å². The maximum atomic E-state index is 13.3. The van der Waals surface area contributed by atoms with E-state index in [4.69, 9.17) is 0 Å². The van der Waals surface area contributed by atoms with E-state index in [2.05, 4.69) is 28.6 Å². The molecule has 4 heteroatoms. The summed E-state index contributed by atoms with van der Waals surface area (Å²) in [4.78, 5) is 1.95. The van der Waals surface area contributed by atoms with Crippen molar-refractivity contribution >= 4 is 21.6 Å². The summed E-state index contributed by atoms with van der Waals surface area (Å²) in [6, 6.07) is 4.86. The van der Waals surface area contributed by atoms with E-state index in [0.29, 0.717) is 0 Å². The average Bonchev–Trinajstić information content (AvgIpc) is 2.37. The van der Waals surface area contributed by atoms with Gasteiger partial charge in [-0.25, -0.2) is 4.39 Å². The molecule has 1 aliphatic rings. The van der Waals surface area contributed by atoms with Gasteiger partial charge in [-0.3, -0.25) is 0 Å². The number of rotatable bonds is 2. The topological polar surface area (TPSA) is 3.24 Å². The first-order valence-corrected chi connectivity index (χ1v) is 6.54. The van der Waals surface area contributed by atoms with Gasteiger partial charge in [-0.05, 0) is 24.3 Å². The summed E-state index contributed by atoms with van der Waals surface area (Å²) in [7, 11) is 1.93. The maximum Gasteiger partial charge on any atom is 0.121 e. The SMILES string of the molecule is C=C1C(Br)=C[C-]=C(c2ccc(F)cc2CC)N1C.[Y]. The van der Waals surface area contributed by atoms with Crippen molar-refractivity contribution in [1.82, 2.24) is 4.90 Å². The minimum Gasteiger partial charge on any atom is -0.378 e. The van der Waals surface area contributed by atoms with Gasteiger partial charge >= 0.3 is 0 Å². The Morgan fingerprint density at radius 3 is 2.74 bits per heavy atom. The average molecular weight is 396 g/mol. The molecule has 19 heavy (non-hydrogen) atoms. The second-order valence-corrected chi connectivity index (χ2v) is 5.00. The van der Waals surface area contributed by atoms with E-state index in [-0.39, 0.29) is 38.5 Å². The second-order valence-electron chi connectivity index (χ2n) is 4.15. The monoisotopic (exact) mass is 395 g/mol. The van der Waals surface area contributed by atoms with Gasteiger partial charge in [0.2, 0.25) is 0 Å².